The van der Waals surface area contributed by atoms with Crippen LogP contribution in [0.25, 0.3) is 6.08 Å². The molecule has 1 saturated heterocycles. The van der Waals surface area contributed by atoms with Crippen LogP contribution in [-0.2, 0) is 4.79 Å². The van der Waals surface area contributed by atoms with Gasteiger partial charge in [0, 0.05) is 44.9 Å². The van der Waals surface area contributed by atoms with E-state index in [-0.39, 0.29) is 11.9 Å². The number of rotatable bonds is 3. The molecule has 0 bridgehead atoms. The van der Waals surface area contributed by atoms with Gasteiger partial charge >= 0.3 is 6.03 Å². The molecule has 1 aromatic rings. The molecule has 3 amide bonds. The number of benzene rings is 1. The highest BCUT2D eigenvalue weighted by molar-refractivity contribution is 5.77. The molecule has 0 saturated carbocycles. The molecule has 0 atom stereocenters. The lowest BCUT2D eigenvalue weighted by molar-refractivity contribution is -0.130. The number of para-hydroxylation sites is 1. The summed E-state index contributed by atoms with van der Waals surface area (Å²) in [5.74, 6) is 0.805. The maximum atomic E-state index is 12.0. The molecule has 2 rings (SSSR count). The molecule has 0 aromatic heterocycles. The van der Waals surface area contributed by atoms with Gasteiger partial charge in [-0.15, -0.1) is 0 Å². The third-order valence-corrected chi connectivity index (χ3v) is 3.62. The zero-order valence-electron chi connectivity index (χ0n) is 12.9. The zero-order valence-corrected chi connectivity index (χ0v) is 12.9. The number of carbonyl (C=O) groups excluding carboxylic acids is 2. The van der Waals surface area contributed by atoms with Crippen LogP contribution in [0.4, 0.5) is 4.79 Å². The summed E-state index contributed by atoms with van der Waals surface area (Å²) < 4.78 is 5.24. The van der Waals surface area contributed by atoms with Gasteiger partial charge in [0.25, 0.3) is 0 Å². The number of nitrogens with one attached hydrogen (secondary N) is 1. The maximum Gasteiger partial charge on any atom is 0.321 e. The predicted molar refractivity (Wildman–Crippen MR) is 84.4 cm³/mol. The Morgan fingerprint density at radius 2 is 1.77 bits per heavy atom. The summed E-state index contributed by atoms with van der Waals surface area (Å²) in [5, 5.41) is 2.74. The minimum absolute atomic E-state index is 0.0520. The van der Waals surface area contributed by atoms with Crippen LogP contribution >= 0.6 is 0 Å². The van der Waals surface area contributed by atoms with Crippen molar-refractivity contribution in [2.75, 3.05) is 33.3 Å². The van der Waals surface area contributed by atoms with E-state index < -0.39 is 0 Å². The van der Waals surface area contributed by atoms with E-state index in [4.69, 9.17) is 4.74 Å². The molecule has 1 aromatic carbocycles. The molecular weight excluding hydrogens is 282 g/mol. The summed E-state index contributed by atoms with van der Waals surface area (Å²) >= 11 is 0. The lowest BCUT2D eigenvalue weighted by atomic mass is 10.2. The van der Waals surface area contributed by atoms with Crippen LogP contribution < -0.4 is 10.1 Å². The largest absolute Gasteiger partial charge is 0.496 e. The Labute approximate surface area is 130 Å². The SMILES string of the molecule is COc1ccccc1/C=C/NC(=O)N1CCN(C(C)=O)CC1. The van der Waals surface area contributed by atoms with Gasteiger partial charge in [-0.1, -0.05) is 18.2 Å². The fourth-order valence-electron chi connectivity index (χ4n) is 2.32. The van der Waals surface area contributed by atoms with Gasteiger partial charge in [0.15, 0.2) is 0 Å². The summed E-state index contributed by atoms with van der Waals surface area (Å²) in [6.45, 7) is 3.81. The van der Waals surface area contributed by atoms with Gasteiger partial charge in [0.1, 0.15) is 5.75 Å². The average Bonchev–Trinajstić information content (AvgIpc) is 2.55. The number of urea groups is 1. The van der Waals surface area contributed by atoms with Crippen molar-refractivity contribution in [1.29, 1.82) is 0 Å². The molecule has 1 aliphatic rings. The topological polar surface area (TPSA) is 61.9 Å². The van der Waals surface area contributed by atoms with Gasteiger partial charge in [-0.25, -0.2) is 4.79 Å². The number of piperazine rings is 1. The van der Waals surface area contributed by atoms with E-state index in [1.54, 1.807) is 36.1 Å². The first-order valence-corrected chi connectivity index (χ1v) is 7.22. The van der Waals surface area contributed by atoms with Crippen molar-refractivity contribution in [2.24, 2.45) is 0 Å². The molecule has 118 valence electrons. The minimum atomic E-state index is -0.158. The standard InChI is InChI=1S/C16H21N3O3/c1-13(20)18-9-11-19(12-10-18)16(21)17-8-7-14-5-3-4-6-15(14)22-2/h3-8H,9-12H2,1-2H3,(H,17,21)/b8-7+. The summed E-state index contributed by atoms with van der Waals surface area (Å²) in [5.41, 5.74) is 0.895. The first-order chi connectivity index (χ1) is 10.6. The fourth-order valence-corrected chi connectivity index (χ4v) is 2.32. The van der Waals surface area contributed by atoms with Gasteiger partial charge in [-0.05, 0) is 12.1 Å². The summed E-state index contributed by atoms with van der Waals surface area (Å²) in [7, 11) is 1.61. The van der Waals surface area contributed by atoms with Crippen molar-refractivity contribution < 1.29 is 14.3 Å². The number of methoxy groups -OCH3 is 1. The summed E-state index contributed by atoms with van der Waals surface area (Å²) in [6, 6.07) is 7.42. The number of nitrogens with zero attached hydrogens (tertiary/aromatic N) is 2. The Kier molecular flexibility index (Phi) is 5.41. The number of carbonyl (C=O) groups is 2. The molecule has 1 heterocycles. The molecule has 0 radical (unpaired) electrons. The van der Waals surface area contributed by atoms with Gasteiger partial charge in [-0.3, -0.25) is 4.79 Å². The van der Waals surface area contributed by atoms with E-state index in [0.29, 0.717) is 26.2 Å². The quantitative estimate of drug-likeness (QED) is 0.921. The Balaban J connectivity index is 1.85. The van der Waals surface area contributed by atoms with Crippen molar-refractivity contribution in [2.45, 2.75) is 6.92 Å². The second-order valence-corrected chi connectivity index (χ2v) is 5.02. The molecular formula is C16H21N3O3. The molecule has 0 unspecified atom stereocenters. The Morgan fingerprint density at radius 1 is 1.14 bits per heavy atom. The number of ether oxygens (including phenoxy) is 1. The number of hydrogen-bond donors (Lipinski definition) is 1. The lowest BCUT2D eigenvalue weighted by Crippen LogP contribution is -2.52. The molecule has 0 spiro atoms. The first-order valence-electron chi connectivity index (χ1n) is 7.22. The molecule has 22 heavy (non-hydrogen) atoms. The van der Waals surface area contributed by atoms with Crippen LogP contribution in [0.1, 0.15) is 12.5 Å². The zero-order chi connectivity index (χ0) is 15.9. The first kappa shape index (κ1) is 15.9. The smallest absolute Gasteiger partial charge is 0.321 e. The molecule has 0 aliphatic carbocycles. The van der Waals surface area contributed by atoms with E-state index in [1.165, 1.54) is 0 Å². The highest BCUT2D eigenvalue weighted by Gasteiger charge is 2.21. The van der Waals surface area contributed by atoms with Gasteiger partial charge in [0.2, 0.25) is 5.91 Å². The highest BCUT2D eigenvalue weighted by atomic mass is 16.5. The molecule has 1 fully saturated rings. The number of hydrogen-bond acceptors (Lipinski definition) is 3. The van der Waals surface area contributed by atoms with E-state index in [0.717, 1.165) is 11.3 Å². The third-order valence-electron chi connectivity index (χ3n) is 3.62. The van der Waals surface area contributed by atoms with Gasteiger partial charge < -0.3 is 19.9 Å². The predicted octanol–water partition coefficient (Wildman–Crippen LogP) is 1.54. The van der Waals surface area contributed by atoms with E-state index in [9.17, 15) is 9.59 Å². The Bertz CT molecular complexity index is 564. The Hall–Kier alpha value is -2.50. The van der Waals surface area contributed by atoms with Crippen LogP contribution in [0.3, 0.4) is 0 Å². The maximum absolute atomic E-state index is 12.0. The normalized spacial score (nSPS) is 15.0. The molecule has 1 aliphatic heterocycles. The highest BCUT2D eigenvalue weighted by Crippen LogP contribution is 2.18. The minimum Gasteiger partial charge on any atom is -0.496 e. The summed E-state index contributed by atoms with van der Waals surface area (Å²) in [4.78, 5) is 26.7. The number of amides is 3. The third kappa shape index (κ3) is 4.00. The second kappa shape index (κ2) is 7.49. The van der Waals surface area contributed by atoms with Gasteiger partial charge in [0.05, 0.1) is 7.11 Å². The van der Waals surface area contributed by atoms with Crippen LogP contribution in [0, 0.1) is 0 Å². The van der Waals surface area contributed by atoms with E-state index in [2.05, 4.69) is 5.32 Å². The van der Waals surface area contributed by atoms with Crippen LogP contribution in [-0.4, -0.2) is 55.0 Å². The van der Waals surface area contributed by atoms with Gasteiger partial charge in [-0.2, -0.15) is 0 Å². The monoisotopic (exact) mass is 303 g/mol. The Morgan fingerprint density at radius 3 is 2.41 bits per heavy atom. The van der Waals surface area contributed by atoms with Crippen molar-refractivity contribution in [3.05, 3.63) is 36.0 Å². The van der Waals surface area contributed by atoms with Crippen molar-refractivity contribution >= 4 is 18.0 Å². The molecule has 1 N–H and O–H groups in total. The molecule has 6 nitrogen and oxygen atoms in total. The van der Waals surface area contributed by atoms with Crippen LogP contribution in [0.5, 0.6) is 5.75 Å². The van der Waals surface area contributed by atoms with E-state index >= 15 is 0 Å². The van der Waals surface area contributed by atoms with Crippen molar-refractivity contribution in [3.8, 4) is 5.75 Å². The second-order valence-electron chi connectivity index (χ2n) is 5.02. The lowest BCUT2D eigenvalue weighted by Gasteiger charge is -2.33. The van der Waals surface area contributed by atoms with Crippen molar-refractivity contribution in [1.82, 2.24) is 15.1 Å². The van der Waals surface area contributed by atoms with E-state index in [1.807, 2.05) is 24.3 Å². The van der Waals surface area contributed by atoms with Crippen LogP contribution in [0.15, 0.2) is 30.5 Å². The van der Waals surface area contributed by atoms with Crippen molar-refractivity contribution in [3.63, 3.8) is 0 Å². The molecule has 6 heteroatoms. The average molecular weight is 303 g/mol. The fraction of sp³-hybridized carbons (Fsp3) is 0.375. The summed E-state index contributed by atoms with van der Waals surface area (Å²) in [6.07, 6.45) is 3.40. The van der Waals surface area contributed by atoms with Crippen LogP contribution in [0.2, 0.25) is 0 Å².